The van der Waals surface area contributed by atoms with Crippen molar-refractivity contribution in [2.45, 2.75) is 42.0 Å². The Bertz CT molecular complexity index is 440. The van der Waals surface area contributed by atoms with Crippen molar-refractivity contribution in [3.63, 3.8) is 0 Å². The molecule has 1 rings (SSSR count). The Morgan fingerprint density at radius 2 is 1.52 bits per heavy atom. The minimum absolute atomic E-state index is 0. The van der Waals surface area contributed by atoms with Crippen molar-refractivity contribution in [1.29, 1.82) is 0 Å². The van der Waals surface area contributed by atoms with Gasteiger partial charge in [-0.3, -0.25) is 0 Å². The molecule has 0 aliphatic rings. The Morgan fingerprint density at radius 3 is 1.91 bits per heavy atom. The molecule has 0 aliphatic heterocycles. The fraction of sp³-hybridized carbons (Fsp3) is 0.550. The van der Waals surface area contributed by atoms with Gasteiger partial charge in [0.2, 0.25) is 0 Å². The molecule has 1 aromatic rings. The van der Waals surface area contributed by atoms with Crippen LogP contribution in [0.25, 0.3) is 6.08 Å². The molecule has 0 unspecified atom stereocenters. The Morgan fingerprint density at radius 1 is 1.04 bits per heavy atom. The number of quaternary nitrogens is 1. The van der Waals surface area contributed by atoms with Gasteiger partial charge in [0.1, 0.15) is 6.54 Å². The van der Waals surface area contributed by atoms with Gasteiger partial charge < -0.3 is 9.22 Å². The van der Waals surface area contributed by atoms with Crippen molar-refractivity contribution in [3.05, 3.63) is 41.5 Å². The highest BCUT2D eigenvalue weighted by Gasteiger charge is 2.26. The number of benzene rings is 1. The molecule has 1 aromatic carbocycles. The predicted molar refractivity (Wildman–Crippen MR) is 101 cm³/mol. The van der Waals surface area contributed by atoms with Crippen LogP contribution in [0, 0.1) is 0 Å². The lowest BCUT2D eigenvalue weighted by molar-refractivity contribution is -0.918. The molecule has 0 N–H and O–H groups in total. The number of rotatable bonds is 7. The number of likely N-dealkylation sites (N-methyl/N-ethyl adjacent to an activating group) is 1. The van der Waals surface area contributed by atoms with E-state index in [9.17, 15) is 4.79 Å². The number of hydrogen-bond donors (Lipinski definition) is 0. The van der Waals surface area contributed by atoms with E-state index in [1.165, 1.54) is 7.11 Å². The summed E-state index contributed by atoms with van der Waals surface area (Å²) >= 11 is 0. The maximum atomic E-state index is 12.0. The lowest BCUT2D eigenvalue weighted by Crippen LogP contribution is -2.49. The Hall–Kier alpha value is -1.61. The molecule has 3 heteroatoms. The normalized spacial score (nSPS) is 11.0. The maximum absolute atomic E-state index is 12.0. The standard InChI is InChI=1S/C17H26NO2.C2H6.CH4/c1-5-18(6-2,7-3)14-16(17(19)20-4)13-15-11-9-8-10-12-15;1-2;/h8-13H,5-7,14H2,1-4H3;1-2H3;1H4/q+1;;/b16-13-;;. The van der Waals surface area contributed by atoms with Gasteiger partial charge in [0, 0.05) is 0 Å². The van der Waals surface area contributed by atoms with Crippen LogP contribution in [-0.2, 0) is 9.53 Å². The third kappa shape index (κ3) is 7.47. The summed E-state index contributed by atoms with van der Waals surface area (Å²) in [5, 5.41) is 0. The average molecular weight is 323 g/mol. The van der Waals surface area contributed by atoms with Gasteiger partial charge in [0.25, 0.3) is 0 Å². The van der Waals surface area contributed by atoms with Gasteiger partial charge in [-0.2, -0.15) is 0 Å². The molecule has 0 amide bonds. The fourth-order valence-electron chi connectivity index (χ4n) is 2.42. The van der Waals surface area contributed by atoms with Crippen molar-refractivity contribution >= 4 is 12.0 Å². The van der Waals surface area contributed by atoms with Gasteiger partial charge in [-0.1, -0.05) is 51.6 Å². The molecule has 0 radical (unpaired) electrons. The molecule has 0 saturated carbocycles. The largest absolute Gasteiger partial charge is 0.465 e. The number of esters is 1. The number of carbonyl (C=O) groups excluding carboxylic acids is 1. The molecule has 0 heterocycles. The summed E-state index contributed by atoms with van der Waals surface area (Å²) in [6.45, 7) is 14.3. The number of hydrogen-bond acceptors (Lipinski definition) is 2. The SMILES string of the molecule is C.CC.CC[N+](CC)(CC)C/C(=C/c1ccccc1)C(=O)OC. The lowest BCUT2D eigenvalue weighted by Gasteiger charge is -2.36. The number of carbonyl (C=O) groups is 1. The van der Waals surface area contributed by atoms with E-state index in [0.29, 0.717) is 6.54 Å². The Kier molecular flexibility index (Phi) is 13.3. The van der Waals surface area contributed by atoms with Crippen molar-refractivity contribution in [2.24, 2.45) is 0 Å². The summed E-state index contributed by atoms with van der Waals surface area (Å²) in [5.41, 5.74) is 1.78. The zero-order valence-corrected chi connectivity index (χ0v) is 15.1. The minimum atomic E-state index is -0.230. The van der Waals surface area contributed by atoms with Crippen LogP contribution in [0.4, 0.5) is 0 Å². The summed E-state index contributed by atoms with van der Waals surface area (Å²) in [7, 11) is 1.44. The second-order valence-corrected chi connectivity index (χ2v) is 5.02. The van der Waals surface area contributed by atoms with Crippen molar-refractivity contribution in [1.82, 2.24) is 0 Å². The summed E-state index contributed by atoms with van der Waals surface area (Å²) in [6, 6.07) is 9.92. The van der Waals surface area contributed by atoms with E-state index in [2.05, 4.69) is 20.8 Å². The van der Waals surface area contributed by atoms with E-state index >= 15 is 0 Å². The van der Waals surface area contributed by atoms with Crippen LogP contribution in [0.1, 0.15) is 47.6 Å². The monoisotopic (exact) mass is 322 g/mol. The van der Waals surface area contributed by atoms with Gasteiger partial charge >= 0.3 is 5.97 Å². The fourth-order valence-corrected chi connectivity index (χ4v) is 2.42. The highest BCUT2D eigenvalue weighted by molar-refractivity contribution is 5.93. The van der Waals surface area contributed by atoms with E-state index in [4.69, 9.17) is 4.74 Å². The topological polar surface area (TPSA) is 26.3 Å². The first-order valence-corrected chi connectivity index (χ1v) is 8.29. The number of methoxy groups -OCH3 is 1. The van der Waals surface area contributed by atoms with Crippen LogP contribution in [0.15, 0.2) is 35.9 Å². The van der Waals surface area contributed by atoms with Gasteiger partial charge in [-0.25, -0.2) is 4.79 Å². The Balaban J connectivity index is 0. The van der Waals surface area contributed by atoms with E-state index in [-0.39, 0.29) is 13.4 Å². The first-order valence-electron chi connectivity index (χ1n) is 8.29. The first-order chi connectivity index (χ1) is 10.6. The van der Waals surface area contributed by atoms with Crippen LogP contribution >= 0.6 is 0 Å². The molecule has 132 valence electrons. The molecule has 0 fully saturated rings. The van der Waals surface area contributed by atoms with E-state index in [1.807, 2.05) is 50.3 Å². The van der Waals surface area contributed by atoms with Gasteiger partial charge in [-0.05, 0) is 32.4 Å². The summed E-state index contributed by atoms with van der Waals surface area (Å²) in [5.74, 6) is -0.230. The molecular formula is C20H36NO2+. The highest BCUT2D eigenvalue weighted by Crippen LogP contribution is 2.15. The van der Waals surface area contributed by atoms with E-state index in [0.717, 1.165) is 35.3 Å². The summed E-state index contributed by atoms with van der Waals surface area (Å²) in [4.78, 5) is 12.0. The van der Waals surface area contributed by atoms with Gasteiger partial charge in [-0.15, -0.1) is 0 Å². The highest BCUT2D eigenvalue weighted by atomic mass is 16.5. The molecule has 0 atom stereocenters. The quantitative estimate of drug-likeness (QED) is 0.410. The second kappa shape index (κ2) is 12.9. The molecule has 0 bridgehead atoms. The van der Waals surface area contributed by atoms with Crippen molar-refractivity contribution < 1.29 is 14.0 Å². The van der Waals surface area contributed by atoms with Gasteiger partial charge in [0.15, 0.2) is 0 Å². The summed E-state index contributed by atoms with van der Waals surface area (Å²) in [6.07, 6.45) is 1.94. The lowest BCUT2D eigenvalue weighted by atomic mass is 10.1. The third-order valence-corrected chi connectivity index (χ3v) is 4.11. The number of ether oxygens (including phenoxy) is 1. The average Bonchev–Trinajstić information content (AvgIpc) is 2.61. The molecule has 0 aliphatic carbocycles. The smallest absolute Gasteiger partial charge is 0.339 e. The van der Waals surface area contributed by atoms with E-state index in [1.54, 1.807) is 0 Å². The summed E-state index contributed by atoms with van der Waals surface area (Å²) < 4.78 is 5.84. The molecule has 0 saturated heterocycles. The molecular weight excluding hydrogens is 286 g/mol. The maximum Gasteiger partial charge on any atom is 0.339 e. The third-order valence-electron chi connectivity index (χ3n) is 4.11. The molecule has 0 spiro atoms. The zero-order valence-electron chi connectivity index (χ0n) is 15.1. The van der Waals surface area contributed by atoms with Crippen LogP contribution in [0.5, 0.6) is 0 Å². The zero-order chi connectivity index (χ0) is 17.0. The van der Waals surface area contributed by atoms with Crippen LogP contribution in [-0.4, -0.2) is 43.7 Å². The van der Waals surface area contributed by atoms with Gasteiger partial charge in [0.05, 0.1) is 32.3 Å². The minimum Gasteiger partial charge on any atom is -0.465 e. The van der Waals surface area contributed by atoms with Crippen LogP contribution < -0.4 is 0 Å². The van der Waals surface area contributed by atoms with Crippen molar-refractivity contribution in [3.8, 4) is 0 Å². The predicted octanol–water partition coefficient (Wildman–Crippen LogP) is 4.78. The molecule has 3 nitrogen and oxygen atoms in total. The van der Waals surface area contributed by atoms with Crippen LogP contribution in [0.2, 0.25) is 0 Å². The van der Waals surface area contributed by atoms with E-state index < -0.39 is 0 Å². The first kappa shape index (κ1) is 23.7. The van der Waals surface area contributed by atoms with Crippen LogP contribution in [0.3, 0.4) is 0 Å². The Labute approximate surface area is 143 Å². The number of nitrogens with zero attached hydrogens (tertiary/aromatic N) is 1. The van der Waals surface area contributed by atoms with Crippen molar-refractivity contribution in [2.75, 3.05) is 33.3 Å². The second-order valence-electron chi connectivity index (χ2n) is 5.02. The molecule has 0 aromatic heterocycles. The molecule has 23 heavy (non-hydrogen) atoms.